The minimum atomic E-state index is -0.104. The molecule has 3 nitrogen and oxygen atoms in total. The summed E-state index contributed by atoms with van der Waals surface area (Å²) < 4.78 is 5.70. The van der Waals surface area contributed by atoms with Crippen LogP contribution in [0.25, 0.3) is 17.2 Å². The molecule has 0 saturated carbocycles. The molecule has 0 aliphatic carbocycles. The van der Waals surface area contributed by atoms with Gasteiger partial charge in [-0.1, -0.05) is 78.6 Å². The second kappa shape index (κ2) is 8.00. The Labute approximate surface area is 173 Å². The predicted molar refractivity (Wildman–Crippen MR) is 121 cm³/mol. The van der Waals surface area contributed by atoms with E-state index in [0.717, 1.165) is 22.6 Å². The Morgan fingerprint density at radius 2 is 1.54 bits per heavy atom. The van der Waals surface area contributed by atoms with Gasteiger partial charge in [0.15, 0.2) is 4.32 Å². The maximum Gasteiger partial charge on any atom is 0.270 e. The van der Waals surface area contributed by atoms with Crippen molar-refractivity contribution in [1.29, 1.82) is 0 Å². The van der Waals surface area contributed by atoms with Gasteiger partial charge in [0, 0.05) is 0 Å². The van der Waals surface area contributed by atoms with E-state index >= 15 is 0 Å². The van der Waals surface area contributed by atoms with Gasteiger partial charge in [-0.05, 0) is 47.0 Å². The van der Waals surface area contributed by atoms with E-state index in [2.05, 4.69) is 24.3 Å². The molecule has 0 aromatic heterocycles. The lowest BCUT2D eigenvalue weighted by Crippen LogP contribution is -2.27. The van der Waals surface area contributed by atoms with E-state index in [1.165, 1.54) is 17.3 Å². The number of rotatable bonds is 4. The molecular weight excluding hydrogens is 386 g/mol. The fourth-order valence-electron chi connectivity index (χ4n) is 2.98. The molecule has 0 bridgehead atoms. The van der Waals surface area contributed by atoms with Crippen molar-refractivity contribution in [3.63, 3.8) is 0 Å². The van der Waals surface area contributed by atoms with Crippen LogP contribution >= 0.6 is 24.0 Å². The normalized spacial score (nSPS) is 15.3. The highest BCUT2D eigenvalue weighted by Crippen LogP contribution is 2.36. The minimum Gasteiger partial charge on any atom is -0.497 e. The Kier molecular flexibility index (Phi) is 5.28. The molecule has 4 rings (SSSR count). The van der Waals surface area contributed by atoms with E-state index in [9.17, 15) is 4.79 Å². The van der Waals surface area contributed by atoms with Crippen molar-refractivity contribution < 1.29 is 9.53 Å². The van der Waals surface area contributed by atoms with Crippen molar-refractivity contribution in [2.75, 3.05) is 12.0 Å². The maximum absolute atomic E-state index is 12.9. The van der Waals surface area contributed by atoms with Crippen LogP contribution in [0.5, 0.6) is 5.75 Å². The molecule has 3 aromatic rings. The maximum atomic E-state index is 12.9. The van der Waals surface area contributed by atoms with Gasteiger partial charge in [-0.3, -0.25) is 9.69 Å². The SMILES string of the molecule is COc1ccc(N2C(=O)/C(=C\c3ccc(-c4ccccc4)cc3)SC2=S)cc1. The van der Waals surface area contributed by atoms with E-state index in [0.29, 0.717) is 9.23 Å². The first kappa shape index (κ1) is 18.5. The number of benzene rings is 3. The number of carbonyl (C=O) groups excluding carboxylic acids is 1. The van der Waals surface area contributed by atoms with Gasteiger partial charge in [0.1, 0.15) is 5.75 Å². The summed E-state index contributed by atoms with van der Waals surface area (Å²) in [5, 5.41) is 0. The Bertz CT molecular complexity index is 1040. The molecule has 1 aliphatic heterocycles. The molecule has 1 heterocycles. The minimum absolute atomic E-state index is 0.104. The number of carbonyl (C=O) groups is 1. The van der Waals surface area contributed by atoms with Crippen molar-refractivity contribution >= 4 is 46.0 Å². The molecule has 0 radical (unpaired) electrons. The van der Waals surface area contributed by atoms with Crippen molar-refractivity contribution in [1.82, 2.24) is 0 Å². The number of hydrogen-bond acceptors (Lipinski definition) is 4. The van der Waals surface area contributed by atoms with Crippen molar-refractivity contribution in [2.24, 2.45) is 0 Å². The first-order chi connectivity index (χ1) is 13.7. The Balaban J connectivity index is 1.56. The van der Waals surface area contributed by atoms with E-state index < -0.39 is 0 Å². The first-order valence-electron chi connectivity index (χ1n) is 8.73. The van der Waals surface area contributed by atoms with Gasteiger partial charge < -0.3 is 4.74 Å². The van der Waals surface area contributed by atoms with Gasteiger partial charge >= 0.3 is 0 Å². The Morgan fingerprint density at radius 3 is 2.18 bits per heavy atom. The van der Waals surface area contributed by atoms with Crippen LogP contribution in [0.4, 0.5) is 5.69 Å². The van der Waals surface area contributed by atoms with Crippen molar-refractivity contribution in [3.8, 4) is 16.9 Å². The summed E-state index contributed by atoms with van der Waals surface area (Å²) in [4.78, 5) is 15.1. The monoisotopic (exact) mass is 403 g/mol. The van der Waals surface area contributed by atoms with E-state index in [-0.39, 0.29) is 5.91 Å². The predicted octanol–water partition coefficient (Wildman–Crippen LogP) is 5.77. The highest BCUT2D eigenvalue weighted by Gasteiger charge is 2.33. The van der Waals surface area contributed by atoms with Crippen LogP contribution in [-0.2, 0) is 4.79 Å². The molecule has 1 amide bonds. The molecule has 138 valence electrons. The number of thiocarbonyl (C=S) groups is 1. The van der Waals surface area contributed by atoms with Crippen LogP contribution in [-0.4, -0.2) is 17.3 Å². The number of amides is 1. The fourth-order valence-corrected chi connectivity index (χ4v) is 4.27. The average molecular weight is 404 g/mol. The van der Waals surface area contributed by atoms with E-state index in [4.69, 9.17) is 17.0 Å². The van der Waals surface area contributed by atoms with Gasteiger partial charge in [-0.25, -0.2) is 0 Å². The van der Waals surface area contributed by atoms with Crippen LogP contribution in [0, 0.1) is 0 Å². The van der Waals surface area contributed by atoms with Crippen LogP contribution in [0.1, 0.15) is 5.56 Å². The van der Waals surface area contributed by atoms with Gasteiger partial charge in [0.2, 0.25) is 0 Å². The second-order valence-corrected chi connectivity index (χ2v) is 7.88. The van der Waals surface area contributed by atoms with Crippen molar-refractivity contribution in [2.45, 2.75) is 0 Å². The van der Waals surface area contributed by atoms with Crippen LogP contribution in [0.15, 0.2) is 83.8 Å². The molecule has 3 aromatic carbocycles. The number of nitrogens with zero attached hydrogens (tertiary/aromatic N) is 1. The molecule has 1 aliphatic rings. The molecule has 1 saturated heterocycles. The zero-order valence-corrected chi connectivity index (χ0v) is 16.8. The lowest BCUT2D eigenvalue weighted by Gasteiger charge is -2.14. The first-order valence-corrected chi connectivity index (χ1v) is 9.96. The number of methoxy groups -OCH3 is 1. The molecule has 0 spiro atoms. The molecule has 1 fully saturated rings. The average Bonchev–Trinajstić information content (AvgIpc) is 3.02. The van der Waals surface area contributed by atoms with Crippen LogP contribution in [0.3, 0.4) is 0 Å². The second-order valence-electron chi connectivity index (χ2n) is 6.20. The molecule has 28 heavy (non-hydrogen) atoms. The summed E-state index contributed by atoms with van der Waals surface area (Å²) in [5.74, 6) is 0.635. The van der Waals surface area contributed by atoms with Gasteiger partial charge in [0.25, 0.3) is 5.91 Å². The number of ether oxygens (including phenoxy) is 1. The van der Waals surface area contributed by atoms with Crippen LogP contribution in [0.2, 0.25) is 0 Å². The summed E-state index contributed by atoms with van der Waals surface area (Å²) in [6, 6.07) is 25.7. The van der Waals surface area contributed by atoms with Gasteiger partial charge in [0.05, 0.1) is 17.7 Å². The lowest BCUT2D eigenvalue weighted by atomic mass is 10.0. The third-order valence-corrected chi connectivity index (χ3v) is 5.74. The smallest absolute Gasteiger partial charge is 0.270 e. The summed E-state index contributed by atoms with van der Waals surface area (Å²) in [7, 11) is 1.61. The topological polar surface area (TPSA) is 29.5 Å². The van der Waals surface area contributed by atoms with Gasteiger partial charge in [-0.15, -0.1) is 0 Å². The lowest BCUT2D eigenvalue weighted by molar-refractivity contribution is -0.113. The number of hydrogen-bond donors (Lipinski definition) is 0. The number of thioether (sulfide) groups is 1. The third kappa shape index (κ3) is 3.72. The highest BCUT2D eigenvalue weighted by atomic mass is 32.2. The fraction of sp³-hybridized carbons (Fsp3) is 0.0435. The van der Waals surface area contributed by atoms with E-state index in [1.807, 2.05) is 60.7 Å². The highest BCUT2D eigenvalue weighted by molar-refractivity contribution is 8.27. The summed E-state index contributed by atoms with van der Waals surface area (Å²) in [6.45, 7) is 0. The molecular formula is C23H17NO2S2. The standard InChI is InChI=1S/C23H17NO2S2/c1-26-20-13-11-19(12-14-20)24-22(25)21(28-23(24)27)15-16-7-9-18(10-8-16)17-5-3-2-4-6-17/h2-15H,1H3/b21-15+. The third-order valence-electron chi connectivity index (χ3n) is 4.44. The largest absolute Gasteiger partial charge is 0.497 e. The number of anilines is 1. The zero-order chi connectivity index (χ0) is 19.5. The van der Waals surface area contributed by atoms with Crippen molar-refractivity contribution in [3.05, 3.63) is 89.3 Å². The molecule has 0 atom stereocenters. The zero-order valence-electron chi connectivity index (χ0n) is 15.2. The quantitative estimate of drug-likeness (QED) is 0.409. The summed E-state index contributed by atoms with van der Waals surface area (Å²) in [5.41, 5.74) is 4.02. The molecule has 5 heteroatoms. The summed E-state index contributed by atoms with van der Waals surface area (Å²) in [6.07, 6.45) is 1.89. The van der Waals surface area contributed by atoms with Gasteiger partial charge in [-0.2, -0.15) is 0 Å². The molecule has 0 N–H and O–H groups in total. The Morgan fingerprint density at radius 1 is 0.893 bits per heavy atom. The summed E-state index contributed by atoms with van der Waals surface area (Å²) >= 11 is 6.75. The van der Waals surface area contributed by atoms with Crippen LogP contribution < -0.4 is 9.64 Å². The van der Waals surface area contributed by atoms with E-state index in [1.54, 1.807) is 12.0 Å². The molecule has 0 unspecified atom stereocenters. The Hall–Kier alpha value is -2.89.